The van der Waals surface area contributed by atoms with Gasteiger partial charge in [-0.1, -0.05) is 12.1 Å². The van der Waals surface area contributed by atoms with Gasteiger partial charge in [-0.2, -0.15) is 30.2 Å². The van der Waals surface area contributed by atoms with Gasteiger partial charge in [-0.25, -0.2) is 0 Å². The molecule has 10 heteroatoms. The van der Waals surface area contributed by atoms with E-state index in [2.05, 4.69) is 5.32 Å². The van der Waals surface area contributed by atoms with Crippen LogP contribution < -0.4 is 5.32 Å². The Bertz CT molecular complexity index is 751. The topological polar surface area (TPSA) is 69.7 Å². The van der Waals surface area contributed by atoms with Crippen LogP contribution in [-0.2, 0) is 27.7 Å². The Morgan fingerprint density at radius 2 is 2.04 bits per heavy atom. The van der Waals surface area contributed by atoms with E-state index in [9.17, 15) is 26.4 Å². The van der Waals surface area contributed by atoms with Crippen molar-refractivity contribution in [3.05, 3.63) is 35.4 Å². The van der Waals surface area contributed by atoms with Crippen LogP contribution >= 0.6 is 0 Å². The highest BCUT2D eigenvalue weighted by Gasteiger charge is 2.33. The maximum absolute atomic E-state index is 12.7. The van der Waals surface area contributed by atoms with Gasteiger partial charge in [-0.05, 0) is 30.5 Å². The normalized spacial score (nSPS) is 19.5. The first-order valence-electron chi connectivity index (χ1n) is 8.13. The SMILES string of the molecule is CN(C)S(=O)(=O)N1CCC[C@@H](C(=O)NCc2cccc(C(F)(F)F)c2)C1. The molecule has 2 rings (SSSR count). The van der Waals surface area contributed by atoms with Crippen molar-refractivity contribution in [3.8, 4) is 0 Å². The summed E-state index contributed by atoms with van der Waals surface area (Å²) in [5.74, 6) is -0.884. The van der Waals surface area contributed by atoms with Crippen molar-refractivity contribution in [2.75, 3.05) is 27.2 Å². The molecule has 26 heavy (non-hydrogen) atoms. The number of benzene rings is 1. The van der Waals surface area contributed by atoms with E-state index < -0.39 is 27.9 Å². The number of amides is 1. The van der Waals surface area contributed by atoms with Gasteiger partial charge < -0.3 is 5.32 Å². The predicted molar refractivity (Wildman–Crippen MR) is 90.2 cm³/mol. The van der Waals surface area contributed by atoms with E-state index in [0.29, 0.717) is 24.9 Å². The molecule has 0 radical (unpaired) electrons. The number of piperidine rings is 1. The molecule has 1 saturated heterocycles. The molecule has 1 N–H and O–H groups in total. The standard InChI is InChI=1S/C16H22F3N3O3S/c1-21(2)26(24,25)22-8-4-6-13(11-22)15(23)20-10-12-5-3-7-14(9-12)16(17,18)19/h3,5,7,9,13H,4,6,8,10-11H2,1-2H3,(H,20,23)/t13-/m1/s1. The van der Waals surface area contributed by atoms with E-state index in [4.69, 9.17) is 0 Å². The molecule has 6 nitrogen and oxygen atoms in total. The lowest BCUT2D eigenvalue weighted by Crippen LogP contribution is -2.48. The van der Waals surface area contributed by atoms with Crippen molar-refractivity contribution in [2.45, 2.75) is 25.6 Å². The number of rotatable bonds is 5. The van der Waals surface area contributed by atoms with Crippen LogP contribution in [0.4, 0.5) is 13.2 Å². The summed E-state index contributed by atoms with van der Waals surface area (Å²) >= 11 is 0. The molecule has 1 aromatic carbocycles. The molecule has 1 atom stereocenters. The van der Waals surface area contributed by atoms with Gasteiger partial charge >= 0.3 is 6.18 Å². The summed E-state index contributed by atoms with van der Waals surface area (Å²) in [5, 5.41) is 2.61. The van der Waals surface area contributed by atoms with Crippen molar-refractivity contribution in [3.63, 3.8) is 0 Å². The van der Waals surface area contributed by atoms with Gasteiger partial charge in [0.1, 0.15) is 0 Å². The predicted octanol–water partition coefficient (Wildman–Crippen LogP) is 1.84. The van der Waals surface area contributed by atoms with E-state index in [1.54, 1.807) is 0 Å². The molecule has 1 fully saturated rings. The van der Waals surface area contributed by atoms with E-state index in [1.165, 1.54) is 30.5 Å². The third-order valence-electron chi connectivity index (χ3n) is 4.26. The van der Waals surface area contributed by atoms with Crippen LogP contribution in [0.25, 0.3) is 0 Å². The van der Waals surface area contributed by atoms with Crippen LogP contribution in [0.15, 0.2) is 24.3 Å². The van der Waals surface area contributed by atoms with Crippen LogP contribution in [0.2, 0.25) is 0 Å². The van der Waals surface area contributed by atoms with Crippen LogP contribution in [0.5, 0.6) is 0 Å². The van der Waals surface area contributed by atoms with Gasteiger partial charge in [0.05, 0.1) is 11.5 Å². The molecule has 1 aliphatic rings. The highest BCUT2D eigenvalue weighted by Crippen LogP contribution is 2.29. The fourth-order valence-corrected chi connectivity index (χ4v) is 3.98. The van der Waals surface area contributed by atoms with Crippen LogP contribution in [-0.4, -0.2) is 50.1 Å². The van der Waals surface area contributed by atoms with E-state index >= 15 is 0 Å². The average Bonchev–Trinajstić information content (AvgIpc) is 2.59. The molecule has 0 spiro atoms. The smallest absolute Gasteiger partial charge is 0.352 e. The summed E-state index contributed by atoms with van der Waals surface area (Å²) in [7, 11) is -0.747. The molecule has 1 aliphatic heterocycles. The lowest BCUT2D eigenvalue weighted by atomic mass is 9.98. The van der Waals surface area contributed by atoms with E-state index in [-0.39, 0.29) is 19.0 Å². The monoisotopic (exact) mass is 393 g/mol. The van der Waals surface area contributed by atoms with Crippen molar-refractivity contribution < 1.29 is 26.4 Å². The zero-order chi connectivity index (χ0) is 19.5. The zero-order valence-corrected chi connectivity index (χ0v) is 15.4. The molecule has 1 heterocycles. The quantitative estimate of drug-likeness (QED) is 0.830. The van der Waals surface area contributed by atoms with Crippen LogP contribution in [0.1, 0.15) is 24.0 Å². The molecular formula is C16H22F3N3O3S. The Balaban J connectivity index is 1.98. The molecule has 146 valence electrons. The molecule has 0 saturated carbocycles. The van der Waals surface area contributed by atoms with E-state index in [0.717, 1.165) is 16.4 Å². The first-order chi connectivity index (χ1) is 12.0. The molecule has 1 aromatic rings. The summed E-state index contributed by atoms with van der Waals surface area (Å²) in [6, 6.07) is 4.75. The maximum Gasteiger partial charge on any atom is 0.416 e. The maximum atomic E-state index is 12.7. The fraction of sp³-hybridized carbons (Fsp3) is 0.562. The molecule has 0 aliphatic carbocycles. The second kappa shape index (κ2) is 7.93. The first-order valence-corrected chi connectivity index (χ1v) is 9.53. The Labute approximate surface area is 151 Å². The van der Waals surface area contributed by atoms with Gasteiger partial charge in [0, 0.05) is 33.7 Å². The minimum absolute atomic E-state index is 0.0420. The second-order valence-corrected chi connectivity index (χ2v) is 8.55. The minimum atomic E-state index is -4.44. The number of carbonyl (C=O) groups is 1. The van der Waals surface area contributed by atoms with Crippen molar-refractivity contribution in [1.82, 2.24) is 13.9 Å². The third kappa shape index (κ3) is 4.95. The molecule has 0 aromatic heterocycles. The number of halogens is 3. The number of carbonyl (C=O) groups excluding carboxylic acids is 1. The summed E-state index contributed by atoms with van der Waals surface area (Å²) in [5.41, 5.74) is -0.438. The van der Waals surface area contributed by atoms with Crippen molar-refractivity contribution >= 4 is 16.1 Å². The van der Waals surface area contributed by atoms with E-state index in [1.807, 2.05) is 0 Å². The summed E-state index contributed by atoms with van der Waals surface area (Å²) in [6.07, 6.45) is -3.35. The molecule has 0 unspecified atom stereocenters. The highest BCUT2D eigenvalue weighted by atomic mass is 32.2. The molecular weight excluding hydrogens is 371 g/mol. The average molecular weight is 393 g/mol. The minimum Gasteiger partial charge on any atom is -0.352 e. The van der Waals surface area contributed by atoms with Gasteiger partial charge in [-0.3, -0.25) is 4.79 Å². The summed E-state index contributed by atoms with van der Waals surface area (Å²) in [4.78, 5) is 12.3. The Kier molecular flexibility index (Phi) is 6.30. The summed E-state index contributed by atoms with van der Waals surface area (Å²) < 4.78 is 64.9. The van der Waals surface area contributed by atoms with Crippen molar-refractivity contribution in [2.24, 2.45) is 5.92 Å². The number of hydrogen-bond acceptors (Lipinski definition) is 3. The first kappa shape index (κ1) is 20.7. The Morgan fingerprint density at radius 1 is 1.35 bits per heavy atom. The van der Waals surface area contributed by atoms with Crippen molar-refractivity contribution in [1.29, 1.82) is 0 Å². The third-order valence-corrected chi connectivity index (χ3v) is 6.17. The second-order valence-electron chi connectivity index (χ2n) is 6.40. The summed E-state index contributed by atoms with van der Waals surface area (Å²) in [6.45, 7) is 0.368. The molecule has 1 amide bonds. The Hall–Kier alpha value is -1.65. The number of alkyl halides is 3. The lowest BCUT2D eigenvalue weighted by Gasteiger charge is -2.32. The highest BCUT2D eigenvalue weighted by molar-refractivity contribution is 7.86. The lowest BCUT2D eigenvalue weighted by molar-refractivity contribution is -0.137. The number of nitrogens with zero attached hydrogens (tertiary/aromatic N) is 2. The number of hydrogen-bond donors (Lipinski definition) is 1. The number of nitrogens with one attached hydrogen (secondary N) is 1. The van der Waals surface area contributed by atoms with Gasteiger partial charge in [0.2, 0.25) is 5.91 Å². The van der Waals surface area contributed by atoms with Gasteiger partial charge in [0.15, 0.2) is 0 Å². The van der Waals surface area contributed by atoms with Crippen LogP contribution in [0, 0.1) is 5.92 Å². The van der Waals surface area contributed by atoms with Crippen LogP contribution in [0.3, 0.4) is 0 Å². The van der Waals surface area contributed by atoms with Gasteiger partial charge in [-0.15, -0.1) is 0 Å². The van der Waals surface area contributed by atoms with Gasteiger partial charge in [0.25, 0.3) is 10.2 Å². The Morgan fingerprint density at radius 3 is 2.65 bits per heavy atom. The largest absolute Gasteiger partial charge is 0.416 e. The fourth-order valence-electron chi connectivity index (χ4n) is 2.79. The molecule has 0 bridgehead atoms. The zero-order valence-electron chi connectivity index (χ0n) is 14.6.